The minimum Gasteiger partial charge on any atom is -0.296 e. The Morgan fingerprint density at radius 2 is 1.96 bits per heavy atom. The minimum absolute atomic E-state index is 0.280. The van der Waals surface area contributed by atoms with Gasteiger partial charge in [-0.3, -0.25) is 15.1 Å². The number of anilines is 1. The molecule has 25 heavy (non-hydrogen) atoms. The van der Waals surface area contributed by atoms with Crippen LogP contribution >= 0.6 is 11.3 Å². The van der Waals surface area contributed by atoms with E-state index in [0.29, 0.717) is 5.13 Å². The van der Waals surface area contributed by atoms with Gasteiger partial charge < -0.3 is 0 Å². The third-order valence-corrected chi connectivity index (χ3v) is 4.56. The van der Waals surface area contributed by atoms with E-state index in [1.54, 1.807) is 6.20 Å². The summed E-state index contributed by atoms with van der Waals surface area (Å²) in [6.07, 6.45) is 6.54. The van der Waals surface area contributed by atoms with Gasteiger partial charge in [0.25, 0.3) is 5.91 Å². The number of hydrogen-bond donors (Lipinski definition) is 1. The lowest BCUT2D eigenvalue weighted by molar-refractivity contribution is 0.102. The maximum Gasteiger partial charge on any atom is 0.277 e. The summed E-state index contributed by atoms with van der Waals surface area (Å²) < 4.78 is 0. The van der Waals surface area contributed by atoms with E-state index in [0.717, 1.165) is 23.4 Å². The molecule has 1 N–H and O–H groups in total. The summed E-state index contributed by atoms with van der Waals surface area (Å²) in [5.74, 6) is -0.302. The molecule has 5 nitrogen and oxygen atoms in total. The highest BCUT2D eigenvalue weighted by molar-refractivity contribution is 7.14. The Labute approximate surface area is 151 Å². The van der Waals surface area contributed by atoms with Crippen molar-refractivity contribution in [2.45, 2.75) is 33.1 Å². The van der Waals surface area contributed by atoms with Crippen LogP contribution in [-0.4, -0.2) is 20.9 Å². The fourth-order valence-corrected chi connectivity index (χ4v) is 3.07. The number of carbonyl (C=O) groups excluding carboxylic acids is 1. The maximum absolute atomic E-state index is 12.2. The maximum atomic E-state index is 12.2. The molecule has 3 aromatic rings. The normalized spacial score (nSPS) is 10.6. The zero-order valence-electron chi connectivity index (χ0n) is 14.3. The van der Waals surface area contributed by atoms with E-state index in [1.165, 1.54) is 35.9 Å². The molecule has 0 saturated heterocycles. The Morgan fingerprint density at radius 1 is 1.16 bits per heavy atom. The molecule has 0 spiro atoms. The van der Waals surface area contributed by atoms with Gasteiger partial charge in [0.05, 0.1) is 17.6 Å². The summed E-state index contributed by atoms with van der Waals surface area (Å²) >= 11 is 1.40. The van der Waals surface area contributed by atoms with Crippen LogP contribution in [0.25, 0.3) is 11.3 Å². The van der Waals surface area contributed by atoms with Crippen molar-refractivity contribution in [2.24, 2.45) is 0 Å². The number of aromatic nitrogens is 3. The van der Waals surface area contributed by atoms with Crippen LogP contribution in [0.1, 0.15) is 41.5 Å². The molecule has 128 valence electrons. The SMILES string of the molecule is CCCCc1ccc(-c2csc(NC(=O)c3cnc(C)cn3)n2)cc1. The fraction of sp³-hybridized carbons (Fsp3) is 0.263. The van der Waals surface area contributed by atoms with Crippen LogP contribution in [-0.2, 0) is 6.42 Å². The quantitative estimate of drug-likeness (QED) is 0.709. The van der Waals surface area contributed by atoms with Crippen molar-refractivity contribution in [2.75, 3.05) is 5.32 Å². The van der Waals surface area contributed by atoms with Crippen molar-refractivity contribution in [3.8, 4) is 11.3 Å². The predicted octanol–water partition coefficient (Wildman–Crippen LogP) is 4.50. The molecule has 1 amide bonds. The molecule has 2 heterocycles. The standard InChI is InChI=1S/C19H20N4OS/c1-3-4-5-14-6-8-15(9-7-14)17-12-25-19(22-17)23-18(24)16-11-20-13(2)10-21-16/h6-12H,3-5H2,1-2H3,(H,22,23,24). The van der Waals surface area contributed by atoms with Gasteiger partial charge in [0.2, 0.25) is 0 Å². The molecule has 2 aromatic heterocycles. The van der Waals surface area contributed by atoms with E-state index in [2.05, 4.69) is 51.5 Å². The number of amides is 1. The molecule has 0 fully saturated rings. The van der Waals surface area contributed by atoms with Crippen LogP contribution < -0.4 is 5.32 Å². The van der Waals surface area contributed by atoms with Crippen LogP contribution in [0.4, 0.5) is 5.13 Å². The molecule has 1 aromatic carbocycles. The highest BCUT2D eigenvalue weighted by Crippen LogP contribution is 2.25. The Hall–Kier alpha value is -2.60. The molecule has 6 heteroatoms. The molecule has 0 unspecified atom stereocenters. The van der Waals surface area contributed by atoms with Crippen molar-refractivity contribution in [3.63, 3.8) is 0 Å². The summed E-state index contributed by atoms with van der Waals surface area (Å²) in [6.45, 7) is 4.02. The largest absolute Gasteiger partial charge is 0.296 e. The van der Waals surface area contributed by atoms with E-state index in [4.69, 9.17) is 0 Å². The van der Waals surface area contributed by atoms with Gasteiger partial charge >= 0.3 is 0 Å². The molecule has 0 aliphatic heterocycles. The molecule has 0 saturated carbocycles. The van der Waals surface area contributed by atoms with E-state index >= 15 is 0 Å². The first-order chi connectivity index (χ1) is 12.2. The van der Waals surface area contributed by atoms with Crippen LogP contribution in [0.3, 0.4) is 0 Å². The topological polar surface area (TPSA) is 67.8 Å². The van der Waals surface area contributed by atoms with Gasteiger partial charge in [-0.15, -0.1) is 11.3 Å². The number of benzene rings is 1. The second kappa shape index (κ2) is 7.98. The minimum atomic E-state index is -0.302. The van der Waals surface area contributed by atoms with Crippen LogP contribution in [0, 0.1) is 6.92 Å². The first-order valence-electron chi connectivity index (χ1n) is 8.30. The van der Waals surface area contributed by atoms with Gasteiger partial charge in [-0.2, -0.15) is 0 Å². The average Bonchev–Trinajstić information content (AvgIpc) is 3.09. The molecule has 0 bridgehead atoms. The Bertz CT molecular complexity index is 841. The van der Waals surface area contributed by atoms with Crippen molar-refractivity contribution in [1.82, 2.24) is 15.0 Å². The number of rotatable bonds is 6. The number of aryl methyl sites for hydroxylation is 2. The third-order valence-electron chi connectivity index (χ3n) is 3.81. The van der Waals surface area contributed by atoms with Crippen LogP contribution in [0.15, 0.2) is 42.0 Å². The number of carbonyl (C=O) groups is 1. The lowest BCUT2D eigenvalue weighted by Gasteiger charge is -2.02. The Kier molecular flexibility index (Phi) is 5.50. The van der Waals surface area contributed by atoms with Gasteiger partial charge in [0.15, 0.2) is 5.13 Å². The van der Waals surface area contributed by atoms with E-state index in [-0.39, 0.29) is 11.6 Å². The van der Waals surface area contributed by atoms with Gasteiger partial charge in [0.1, 0.15) is 5.69 Å². The lowest BCUT2D eigenvalue weighted by Crippen LogP contribution is -2.13. The first kappa shape index (κ1) is 17.2. The molecule has 0 aliphatic carbocycles. The zero-order chi connectivity index (χ0) is 17.6. The third kappa shape index (κ3) is 4.48. The van der Waals surface area contributed by atoms with Gasteiger partial charge in [-0.05, 0) is 25.3 Å². The van der Waals surface area contributed by atoms with Crippen molar-refractivity contribution in [3.05, 3.63) is 59.0 Å². The molecule has 0 aliphatic rings. The summed E-state index contributed by atoms with van der Waals surface area (Å²) in [4.78, 5) is 24.8. The smallest absolute Gasteiger partial charge is 0.277 e. The highest BCUT2D eigenvalue weighted by Gasteiger charge is 2.11. The van der Waals surface area contributed by atoms with Crippen molar-refractivity contribution < 1.29 is 4.79 Å². The van der Waals surface area contributed by atoms with Gasteiger partial charge in [0, 0.05) is 17.1 Å². The highest BCUT2D eigenvalue weighted by atomic mass is 32.1. The second-order valence-corrected chi connectivity index (χ2v) is 6.69. The average molecular weight is 352 g/mol. The zero-order valence-corrected chi connectivity index (χ0v) is 15.1. The summed E-state index contributed by atoms with van der Waals surface area (Å²) in [5, 5.41) is 5.27. The molecular formula is C19H20N4OS. The molecule has 0 atom stereocenters. The van der Waals surface area contributed by atoms with Crippen molar-refractivity contribution >= 4 is 22.4 Å². The van der Waals surface area contributed by atoms with Crippen LogP contribution in [0.5, 0.6) is 0 Å². The molecule has 0 radical (unpaired) electrons. The van der Waals surface area contributed by atoms with E-state index in [1.807, 2.05) is 12.3 Å². The Morgan fingerprint density at radius 3 is 2.64 bits per heavy atom. The molecule has 3 rings (SSSR count). The van der Waals surface area contributed by atoms with Crippen LogP contribution in [0.2, 0.25) is 0 Å². The van der Waals surface area contributed by atoms with Gasteiger partial charge in [-0.1, -0.05) is 37.6 Å². The number of nitrogens with zero attached hydrogens (tertiary/aromatic N) is 3. The fourth-order valence-electron chi connectivity index (χ4n) is 2.36. The first-order valence-corrected chi connectivity index (χ1v) is 9.18. The summed E-state index contributed by atoms with van der Waals surface area (Å²) in [5.41, 5.74) is 4.30. The monoisotopic (exact) mass is 352 g/mol. The number of nitrogens with one attached hydrogen (secondary N) is 1. The number of thiazole rings is 1. The number of hydrogen-bond acceptors (Lipinski definition) is 5. The number of unbranched alkanes of at least 4 members (excludes halogenated alkanes) is 1. The summed E-state index contributed by atoms with van der Waals surface area (Å²) in [7, 11) is 0. The Balaban J connectivity index is 1.67. The predicted molar refractivity (Wildman–Crippen MR) is 101 cm³/mol. The lowest BCUT2D eigenvalue weighted by atomic mass is 10.1. The van der Waals surface area contributed by atoms with E-state index < -0.39 is 0 Å². The second-order valence-electron chi connectivity index (χ2n) is 5.84. The van der Waals surface area contributed by atoms with Crippen molar-refractivity contribution in [1.29, 1.82) is 0 Å². The van der Waals surface area contributed by atoms with E-state index in [9.17, 15) is 4.79 Å². The van der Waals surface area contributed by atoms with Gasteiger partial charge in [-0.25, -0.2) is 9.97 Å². The summed E-state index contributed by atoms with van der Waals surface area (Å²) in [6, 6.07) is 8.45. The molecular weight excluding hydrogens is 332 g/mol.